The van der Waals surface area contributed by atoms with E-state index in [0.29, 0.717) is 22.8 Å². The van der Waals surface area contributed by atoms with Crippen LogP contribution in [-0.4, -0.2) is 29.4 Å². The molecule has 1 fully saturated rings. The number of ether oxygens (including phenoxy) is 1. The van der Waals surface area contributed by atoms with E-state index in [4.69, 9.17) is 9.15 Å². The number of thiophene rings is 1. The van der Waals surface area contributed by atoms with Gasteiger partial charge in [0.1, 0.15) is 24.6 Å². The lowest BCUT2D eigenvalue weighted by Crippen LogP contribution is -2.43. The van der Waals surface area contributed by atoms with Gasteiger partial charge in [0.2, 0.25) is 11.8 Å². The fraction of sp³-hybridized carbons (Fsp3) is 0.250. The Morgan fingerprint density at radius 1 is 1.39 bits per heavy atom. The first-order valence-electron chi connectivity index (χ1n) is 9.06. The summed E-state index contributed by atoms with van der Waals surface area (Å²) in [5.74, 6) is 0.0261. The van der Waals surface area contributed by atoms with Crippen LogP contribution >= 0.6 is 11.3 Å². The summed E-state index contributed by atoms with van der Waals surface area (Å²) in [5.41, 5.74) is 2.54. The summed E-state index contributed by atoms with van der Waals surface area (Å²) >= 11 is 1.53. The van der Waals surface area contributed by atoms with Crippen LogP contribution in [0.3, 0.4) is 0 Å². The maximum absolute atomic E-state index is 12.4. The molecule has 1 atom stereocenters. The topological polar surface area (TPSA) is 84.7 Å². The average molecular weight is 395 g/mol. The summed E-state index contributed by atoms with van der Waals surface area (Å²) in [6.45, 7) is 0.874. The number of benzene rings is 1. The molecule has 8 heteroatoms. The van der Waals surface area contributed by atoms with Crippen molar-refractivity contribution in [3.63, 3.8) is 0 Å². The number of carbonyl (C=O) groups is 2. The van der Waals surface area contributed by atoms with Crippen molar-refractivity contribution in [3.8, 4) is 10.8 Å². The molecular weight excluding hydrogens is 378 g/mol. The monoisotopic (exact) mass is 395 g/mol. The second-order valence-electron chi connectivity index (χ2n) is 6.77. The van der Waals surface area contributed by atoms with Crippen molar-refractivity contribution >= 4 is 34.6 Å². The number of aromatic nitrogens is 1. The Balaban J connectivity index is 1.29. The molecule has 28 heavy (non-hydrogen) atoms. The van der Waals surface area contributed by atoms with Crippen LogP contribution in [0, 0.1) is 0 Å². The predicted molar refractivity (Wildman–Crippen MR) is 104 cm³/mol. The SMILES string of the molecule is O=C(OCc1coc(-c2cccs2)n1)c1ccc2c(c1)NC(=O)[C@@H]1CCCN21. The maximum atomic E-state index is 12.4. The third-order valence-electron chi connectivity index (χ3n) is 4.99. The molecule has 1 N–H and O–H groups in total. The van der Waals surface area contributed by atoms with Crippen LogP contribution in [0.4, 0.5) is 11.4 Å². The van der Waals surface area contributed by atoms with E-state index in [9.17, 15) is 9.59 Å². The second-order valence-corrected chi connectivity index (χ2v) is 7.72. The Labute approximate surface area is 164 Å². The highest BCUT2D eigenvalue weighted by molar-refractivity contribution is 7.13. The fourth-order valence-electron chi connectivity index (χ4n) is 3.67. The van der Waals surface area contributed by atoms with Gasteiger partial charge in [-0.05, 0) is 42.5 Å². The third-order valence-corrected chi connectivity index (χ3v) is 5.85. The molecule has 0 unspecified atom stereocenters. The number of carbonyl (C=O) groups excluding carboxylic acids is 2. The van der Waals surface area contributed by atoms with E-state index in [-0.39, 0.29) is 18.6 Å². The Kier molecular flexibility index (Phi) is 4.12. The summed E-state index contributed by atoms with van der Waals surface area (Å²) in [7, 11) is 0. The average Bonchev–Trinajstić information content (AvgIpc) is 3.47. The summed E-state index contributed by atoms with van der Waals surface area (Å²) in [6, 6.07) is 9.00. The zero-order chi connectivity index (χ0) is 19.1. The smallest absolute Gasteiger partial charge is 0.338 e. The Morgan fingerprint density at radius 2 is 2.32 bits per heavy atom. The van der Waals surface area contributed by atoms with Crippen LogP contribution in [0.15, 0.2) is 46.4 Å². The molecule has 2 aliphatic rings. The van der Waals surface area contributed by atoms with Crippen LogP contribution in [-0.2, 0) is 16.1 Å². The second kappa shape index (κ2) is 6.79. The molecule has 0 spiro atoms. The highest BCUT2D eigenvalue weighted by Gasteiger charge is 2.36. The molecule has 3 aromatic rings. The van der Waals surface area contributed by atoms with Crippen LogP contribution in [0.5, 0.6) is 0 Å². The molecule has 5 rings (SSSR count). The van der Waals surface area contributed by atoms with Gasteiger partial charge in [-0.2, -0.15) is 0 Å². The van der Waals surface area contributed by atoms with Gasteiger partial charge in [0.05, 0.1) is 21.8 Å². The highest BCUT2D eigenvalue weighted by Crippen LogP contribution is 2.37. The van der Waals surface area contributed by atoms with Crippen molar-refractivity contribution in [2.24, 2.45) is 0 Å². The van der Waals surface area contributed by atoms with Crippen LogP contribution in [0.1, 0.15) is 28.9 Å². The maximum Gasteiger partial charge on any atom is 0.338 e. The number of hydrogen-bond acceptors (Lipinski definition) is 7. The summed E-state index contributed by atoms with van der Waals surface area (Å²) in [4.78, 5) is 32.0. The quantitative estimate of drug-likeness (QED) is 0.679. The van der Waals surface area contributed by atoms with E-state index in [1.54, 1.807) is 12.1 Å². The first-order chi connectivity index (χ1) is 13.7. The van der Waals surface area contributed by atoms with Crippen molar-refractivity contribution < 1.29 is 18.7 Å². The summed E-state index contributed by atoms with van der Waals surface area (Å²) < 4.78 is 10.8. The van der Waals surface area contributed by atoms with Gasteiger partial charge in [-0.25, -0.2) is 9.78 Å². The van der Waals surface area contributed by atoms with E-state index in [0.717, 1.165) is 30.0 Å². The molecule has 0 bridgehead atoms. The summed E-state index contributed by atoms with van der Waals surface area (Å²) in [5, 5.41) is 4.85. The van der Waals surface area contributed by atoms with Gasteiger partial charge in [0.15, 0.2) is 0 Å². The molecule has 1 amide bonds. The van der Waals surface area contributed by atoms with Gasteiger partial charge in [0.25, 0.3) is 0 Å². The number of fused-ring (bicyclic) bond motifs is 3. The number of nitrogens with one attached hydrogen (secondary N) is 1. The van der Waals surface area contributed by atoms with Crippen molar-refractivity contribution in [1.29, 1.82) is 0 Å². The molecule has 2 aliphatic heterocycles. The number of amides is 1. The van der Waals surface area contributed by atoms with Crippen molar-refractivity contribution in [2.75, 3.05) is 16.8 Å². The van der Waals surface area contributed by atoms with Gasteiger partial charge >= 0.3 is 5.97 Å². The van der Waals surface area contributed by atoms with Gasteiger partial charge in [0, 0.05) is 6.54 Å². The Bertz CT molecular complexity index is 1040. The van der Waals surface area contributed by atoms with E-state index in [2.05, 4.69) is 15.2 Å². The van der Waals surface area contributed by atoms with Gasteiger partial charge < -0.3 is 19.4 Å². The van der Waals surface area contributed by atoms with E-state index in [1.807, 2.05) is 23.6 Å². The van der Waals surface area contributed by atoms with E-state index in [1.165, 1.54) is 17.6 Å². The predicted octanol–water partition coefficient (Wildman–Crippen LogP) is 3.68. The number of esters is 1. The first-order valence-corrected chi connectivity index (χ1v) is 9.94. The van der Waals surface area contributed by atoms with E-state index >= 15 is 0 Å². The molecule has 0 radical (unpaired) electrons. The van der Waals surface area contributed by atoms with Crippen molar-refractivity contribution in [2.45, 2.75) is 25.5 Å². The molecule has 142 valence electrons. The van der Waals surface area contributed by atoms with Crippen LogP contribution < -0.4 is 10.2 Å². The number of oxazole rings is 1. The molecular formula is C20H17N3O4S. The number of nitrogens with zero attached hydrogens (tertiary/aromatic N) is 2. The zero-order valence-electron chi connectivity index (χ0n) is 14.9. The lowest BCUT2D eigenvalue weighted by atomic mass is 10.1. The molecule has 7 nitrogen and oxygen atoms in total. The fourth-order valence-corrected chi connectivity index (χ4v) is 4.32. The minimum absolute atomic E-state index is 0.0146. The van der Waals surface area contributed by atoms with Crippen LogP contribution in [0.2, 0.25) is 0 Å². The van der Waals surface area contributed by atoms with Crippen molar-refractivity contribution in [3.05, 3.63) is 53.2 Å². The molecule has 0 saturated carbocycles. The Morgan fingerprint density at radius 3 is 3.18 bits per heavy atom. The first kappa shape index (κ1) is 17.0. The standard InChI is InChI=1S/C20H17N3O4S/c24-18-16-3-1-7-23(16)15-6-5-12(9-14(15)22-18)20(25)27-11-13-10-26-19(21-13)17-4-2-8-28-17/h2,4-6,8-10,16H,1,3,7,11H2,(H,22,24)/t16-/m0/s1. The number of rotatable bonds is 4. The summed E-state index contributed by atoms with van der Waals surface area (Å²) in [6.07, 6.45) is 3.34. The molecule has 2 aromatic heterocycles. The van der Waals surface area contributed by atoms with E-state index < -0.39 is 5.97 Å². The van der Waals surface area contributed by atoms with Crippen molar-refractivity contribution in [1.82, 2.24) is 4.98 Å². The van der Waals surface area contributed by atoms with Gasteiger partial charge in [-0.15, -0.1) is 11.3 Å². The lowest BCUT2D eigenvalue weighted by Gasteiger charge is -2.33. The Hall–Kier alpha value is -3.13. The lowest BCUT2D eigenvalue weighted by molar-refractivity contribution is -0.117. The number of anilines is 2. The largest absolute Gasteiger partial charge is 0.455 e. The molecule has 0 aliphatic carbocycles. The molecule has 1 aromatic carbocycles. The normalized spacial score (nSPS) is 17.8. The zero-order valence-corrected chi connectivity index (χ0v) is 15.7. The molecule has 1 saturated heterocycles. The third kappa shape index (κ3) is 2.95. The number of hydrogen-bond donors (Lipinski definition) is 1. The van der Waals surface area contributed by atoms with Gasteiger partial charge in [-0.1, -0.05) is 6.07 Å². The minimum Gasteiger partial charge on any atom is -0.455 e. The highest BCUT2D eigenvalue weighted by atomic mass is 32.1. The van der Waals surface area contributed by atoms with Crippen LogP contribution in [0.25, 0.3) is 10.8 Å². The molecule has 4 heterocycles. The minimum atomic E-state index is -0.471. The van der Waals surface area contributed by atoms with Gasteiger partial charge in [-0.3, -0.25) is 4.79 Å².